The lowest BCUT2D eigenvalue weighted by Gasteiger charge is -2.28. The van der Waals surface area contributed by atoms with E-state index >= 15 is 0 Å². The van der Waals surface area contributed by atoms with E-state index in [9.17, 15) is 23.4 Å². The van der Waals surface area contributed by atoms with Crippen molar-refractivity contribution in [2.45, 2.75) is 42.4 Å². The van der Waals surface area contributed by atoms with Crippen LogP contribution in [0.5, 0.6) is 0 Å². The van der Waals surface area contributed by atoms with Crippen molar-refractivity contribution in [2.75, 3.05) is 6.54 Å². The minimum atomic E-state index is -3.95. The molecule has 4 atom stereocenters. The number of carboxylic acid groups (broad SMARTS) is 1. The van der Waals surface area contributed by atoms with Gasteiger partial charge in [0, 0.05) is 24.6 Å². The van der Waals surface area contributed by atoms with Crippen LogP contribution in [0.4, 0.5) is 0 Å². The molecule has 0 amide bonds. The van der Waals surface area contributed by atoms with Gasteiger partial charge in [-0.25, -0.2) is 17.9 Å². The molecule has 3 aromatic carbocycles. The Bertz CT molecular complexity index is 1380. The highest BCUT2D eigenvalue weighted by atomic mass is 32.2. The van der Waals surface area contributed by atoms with Crippen molar-refractivity contribution < 1.29 is 28.5 Å². The molecule has 0 fully saturated rings. The zero-order chi connectivity index (χ0) is 27.3. The predicted molar refractivity (Wildman–Crippen MR) is 144 cm³/mol. The Morgan fingerprint density at radius 2 is 1.66 bits per heavy atom. The normalized spacial score (nSPS) is 18.4. The fraction of sp³-hybridized carbons (Fsp3) is 0.276. The van der Waals surface area contributed by atoms with E-state index < -0.39 is 28.2 Å². The molecule has 3 aromatic rings. The summed E-state index contributed by atoms with van der Waals surface area (Å²) in [5.41, 5.74) is 3.77. The van der Waals surface area contributed by atoms with Gasteiger partial charge in [-0.1, -0.05) is 61.2 Å². The lowest BCUT2D eigenvalue weighted by Crippen LogP contribution is -2.36. The number of rotatable bonds is 12. The fourth-order valence-electron chi connectivity index (χ4n) is 4.79. The summed E-state index contributed by atoms with van der Waals surface area (Å²) in [6, 6.07) is 22.1. The van der Waals surface area contributed by atoms with Gasteiger partial charge in [-0.3, -0.25) is 0 Å². The minimum absolute atomic E-state index is 0.0197. The highest BCUT2D eigenvalue weighted by molar-refractivity contribution is 7.89. The molecule has 0 aliphatic heterocycles. The number of aromatic carboxylic acids is 1. The molecule has 5 N–H and O–H groups in total. The van der Waals surface area contributed by atoms with E-state index in [0.717, 1.165) is 16.7 Å². The summed E-state index contributed by atoms with van der Waals surface area (Å²) in [6.45, 7) is 4.01. The molecular weight excluding hydrogens is 504 g/mol. The number of aliphatic hydroxyl groups is 2. The summed E-state index contributed by atoms with van der Waals surface area (Å²) in [5, 5.41) is 33.9. The number of carbonyl (C=O) groups is 1. The van der Waals surface area contributed by atoms with Gasteiger partial charge in [0.1, 0.15) is 0 Å². The van der Waals surface area contributed by atoms with E-state index in [0.29, 0.717) is 18.5 Å². The maximum absolute atomic E-state index is 12.7. The van der Waals surface area contributed by atoms with Crippen LogP contribution in [-0.2, 0) is 22.9 Å². The molecule has 38 heavy (non-hydrogen) atoms. The third kappa shape index (κ3) is 6.68. The van der Waals surface area contributed by atoms with Gasteiger partial charge in [0.25, 0.3) is 0 Å². The number of nitrogens with one attached hydrogen (secondary N) is 2. The quantitative estimate of drug-likeness (QED) is 0.240. The summed E-state index contributed by atoms with van der Waals surface area (Å²) in [7, 11) is -3.95. The Kier molecular flexibility index (Phi) is 8.63. The van der Waals surface area contributed by atoms with Crippen LogP contribution in [0.15, 0.2) is 96.0 Å². The summed E-state index contributed by atoms with van der Waals surface area (Å²) in [5.74, 6) is -1.39. The van der Waals surface area contributed by atoms with Crippen molar-refractivity contribution >= 4 is 16.0 Å². The van der Waals surface area contributed by atoms with E-state index in [1.54, 1.807) is 0 Å². The van der Waals surface area contributed by atoms with Crippen LogP contribution in [0.3, 0.4) is 0 Å². The van der Waals surface area contributed by atoms with E-state index in [1.165, 1.54) is 24.3 Å². The first-order valence-electron chi connectivity index (χ1n) is 12.4. The van der Waals surface area contributed by atoms with E-state index in [2.05, 4.69) is 16.6 Å². The zero-order valence-electron chi connectivity index (χ0n) is 20.8. The summed E-state index contributed by atoms with van der Waals surface area (Å²) >= 11 is 0. The Balaban J connectivity index is 1.44. The van der Waals surface area contributed by atoms with Gasteiger partial charge in [0.15, 0.2) is 0 Å². The maximum Gasteiger partial charge on any atom is 0.335 e. The number of fused-ring (bicyclic) bond motifs is 1. The first-order chi connectivity index (χ1) is 18.1. The van der Waals surface area contributed by atoms with Crippen LogP contribution in [-0.4, -0.2) is 48.5 Å². The van der Waals surface area contributed by atoms with Crippen LogP contribution in [0, 0.1) is 5.92 Å². The van der Waals surface area contributed by atoms with E-state index in [4.69, 9.17) is 5.11 Å². The lowest BCUT2D eigenvalue weighted by molar-refractivity contribution is 0.0696. The molecule has 200 valence electrons. The van der Waals surface area contributed by atoms with E-state index in [-0.39, 0.29) is 35.4 Å². The molecule has 0 aromatic heterocycles. The van der Waals surface area contributed by atoms with Gasteiger partial charge in [0.2, 0.25) is 10.0 Å². The van der Waals surface area contributed by atoms with Crippen LogP contribution in [0.2, 0.25) is 0 Å². The second kappa shape index (κ2) is 11.9. The van der Waals surface area contributed by atoms with Gasteiger partial charge in [-0.2, -0.15) is 0 Å². The van der Waals surface area contributed by atoms with Gasteiger partial charge in [-0.05, 0) is 53.8 Å². The summed E-state index contributed by atoms with van der Waals surface area (Å²) < 4.78 is 27.8. The molecule has 8 nitrogen and oxygen atoms in total. The molecule has 0 saturated carbocycles. The molecule has 0 spiro atoms. The van der Waals surface area contributed by atoms with Crippen molar-refractivity contribution in [3.8, 4) is 0 Å². The Morgan fingerprint density at radius 1 is 1.00 bits per heavy atom. The first kappa shape index (κ1) is 27.5. The third-order valence-electron chi connectivity index (χ3n) is 6.84. The average Bonchev–Trinajstić information content (AvgIpc) is 3.22. The number of hydrogen-bond acceptors (Lipinski definition) is 6. The molecule has 1 aliphatic rings. The molecule has 9 heteroatoms. The smallest absolute Gasteiger partial charge is 0.335 e. The number of aliphatic hydroxyl groups excluding tert-OH is 2. The van der Waals surface area contributed by atoms with Crippen molar-refractivity contribution in [1.82, 2.24) is 10.0 Å². The second-order valence-electron chi connectivity index (χ2n) is 9.58. The van der Waals surface area contributed by atoms with Gasteiger partial charge < -0.3 is 20.6 Å². The van der Waals surface area contributed by atoms with E-state index in [1.807, 2.05) is 54.6 Å². The highest BCUT2D eigenvalue weighted by Crippen LogP contribution is 2.33. The van der Waals surface area contributed by atoms with Gasteiger partial charge in [0.05, 0.1) is 28.7 Å². The largest absolute Gasteiger partial charge is 0.478 e. The molecule has 1 aliphatic carbocycles. The third-order valence-corrected chi connectivity index (χ3v) is 8.28. The molecule has 0 unspecified atom stereocenters. The SMILES string of the molecule is C=C(N[C@H]1c2ccccc2C[C@H]1O)[C@H](Cc1ccccc1)C[C@H](O)CNS(=O)(=O)c1ccc(C(=O)O)cc1. The van der Waals surface area contributed by atoms with Crippen LogP contribution in [0.1, 0.15) is 39.5 Å². The number of hydrogen-bond donors (Lipinski definition) is 5. The topological polar surface area (TPSA) is 136 Å². The Morgan fingerprint density at radius 3 is 2.34 bits per heavy atom. The molecule has 0 bridgehead atoms. The molecule has 0 heterocycles. The number of benzene rings is 3. The summed E-state index contributed by atoms with van der Waals surface area (Å²) in [6.07, 6.45) is -0.284. The van der Waals surface area contributed by atoms with Crippen molar-refractivity contribution in [2.24, 2.45) is 5.92 Å². The first-order valence-corrected chi connectivity index (χ1v) is 13.9. The Hall–Kier alpha value is -3.50. The average molecular weight is 537 g/mol. The predicted octanol–water partition coefficient (Wildman–Crippen LogP) is 3.03. The monoisotopic (exact) mass is 536 g/mol. The fourth-order valence-corrected chi connectivity index (χ4v) is 5.86. The number of carboxylic acids is 1. The van der Waals surface area contributed by atoms with Crippen molar-refractivity contribution in [3.05, 3.63) is 113 Å². The van der Waals surface area contributed by atoms with Crippen LogP contribution >= 0.6 is 0 Å². The van der Waals surface area contributed by atoms with Crippen LogP contribution < -0.4 is 10.0 Å². The van der Waals surface area contributed by atoms with Crippen molar-refractivity contribution in [3.63, 3.8) is 0 Å². The van der Waals surface area contributed by atoms with Gasteiger partial charge >= 0.3 is 5.97 Å². The number of sulfonamides is 1. The molecular formula is C29H32N2O6S. The molecule has 4 rings (SSSR count). The van der Waals surface area contributed by atoms with Crippen molar-refractivity contribution in [1.29, 1.82) is 0 Å². The maximum atomic E-state index is 12.7. The van der Waals surface area contributed by atoms with Gasteiger partial charge in [-0.15, -0.1) is 0 Å². The molecule has 0 saturated heterocycles. The zero-order valence-corrected chi connectivity index (χ0v) is 21.6. The lowest BCUT2D eigenvalue weighted by atomic mass is 9.90. The summed E-state index contributed by atoms with van der Waals surface area (Å²) in [4.78, 5) is 10.9. The number of allylic oxidation sites excluding steroid dienone is 1. The van der Waals surface area contributed by atoms with Crippen LogP contribution in [0.25, 0.3) is 0 Å². The minimum Gasteiger partial charge on any atom is -0.478 e. The second-order valence-corrected chi connectivity index (χ2v) is 11.3. The molecule has 0 radical (unpaired) electrons. The standard InChI is InChI=1S/C29H32N2O6S/c1-19(31-28-26-10-6-5-9-22(26)17-27(28)33)23(15-20-7-3-2-4-8-20)16-24(32)18-30-38(36,37)25-13-11-21(12-14-25)29(34)35/h2-14,23-24,27-28,30-33H,1,15-18H2,(H,34,35)/t23-,24+,27-,28+/m1/s1. The Labute approximate surface area is 222 Å². The highest BCUT2D eigenvalue weighted by Gasteiger charge is 2.32.